The second-order valence-electron chi connectivity index (χ2n) is 8.07. The molecule has 0 bridgehead atoms. The van der Waals surface area contributed by atoms with Crippen LogP contribution in [0.4, 0.5) is 10.1 Å². The molecular weight excluding hydrogens is 301 g/mol. The summed E-state index contributed by atoms with van der Waals surface area (Å²) >= 11 is 0. The maximum Gasteiger partial charge on any atom is 0.230 e. The van der Waals surface area contributed by atoms with Gasteiger partial charge in [-0.25, -0.2) is 4.39 Å². The highest BCUT2D eigenvalue weighted by Gasteiger charge is 2.33. The maximum absolute atomic E-state index is 13.7. The van der Waals surface area contributed by atoms with Crippen LogP contribution >= 0.6 is 0 Å². The average molecular weight is 336 g/mol. The minimum absolute atomic E-state index is 0.100. The highest BCUT2D eigenvalue weighted by atomic mass is 19.1. The van der Waals surface area contributed by atoms with Gasteiger partial charge in [0.25, 0.3) is 0 Å². The Labute approximate surface area is 147 Å². The number of halogens is 1. The van der Waals surface area contributed by atoms with Gasteiger partial charge in [0.1, 0.15) is 5.82 Å². The maximum atomic E-state index is 13.7. The Bertz CT molecular complexity index is 547. The first-order valence-electron chi connectivity index (χ1n) is 9.18. The third-order valence-electron chi connectivity index (χ3n) is 4.99. The van der Waals surface area contributed by atoms with Crippen molar-refractivity contribution in [1.82, 2.24) is 0 Å². The molecule has 3 heteroatoms. The lowest BCUT2D eigenvalue weighted by molar-refractivity contribution is -0.125. The number of carbonyl (C=O) groups is 1. The van der Waals surface area contributed by atoms with Crippen LogP contribution in [0, 0.1) is 24.1 Å². The minimum Gasteiger partial charge on any atom is -0.309 e. The predicted octanol–water partition coefficient (Wildman–Crippen LogP) is 6.12. The van der Waals surface area contributed by atoms with Crippen molar-refractivity contribution in [3.8, 4) is 0 Å². The highest BCUT2D eigenvalue weighted by Crippen LogP contribution is 2.31. The summed E-state index contributed by atoms with van der Waals surface area (Å²) in [5, 5.41) is 0. The van der Waals surface area contributed by atoms with Gasteiger partial charge in [0, 0.05) is 17.6 Å². The molecule has 1 aromatic carbocycles. The quantitative estimate of drug-likeness (QED) is 0.550. The van der Waals surface area contributed by atoms with Crippen LogP contribution < -0.4 is 4.90 Å². The van der Waals surface area contributed by atoms with Gasteiger partial charge >= 0.3 is 0 Å². The molecule has 0 fully saturated rings. The fourth-order valence-corrected chi connectivity index (χ4v) is 2.78. The summed E-state index contributed by atoms with van der Waals surface area (Å²) in [7, 11) is 0. The smallest absolute Gasteiger partial charge is 0.230 e. The zero-order valence-corrected chi connectivity index (χ0v) is 16.4. The number of amides is 1. The van der Waals surface area contributed by atoms with Crippen molar-refractivity contribution < 1.29 is 9.18 Å². The fourth-order valence-electron chi connectivity index (χ4n) is 2.78. The van der Waals surface area contributed by atoms with Gasteiger partial charge in [-0.15, -0.1) is 0 Å². The van der Waals surface area contributed by atoms with Gasteiger partial charge in [0.15, 0.2) is 0 Å². The van der Waals surface area contributed by atoms with Crippen LogP contribution in [0.25, 0.3) is 0 Å². The third kappa shape index (κ3) is 5.32. The van der Waals surface area contributed by atoms with Gasteiger partial charge in [0.2, 0.25) is 5.91 Å². The summed E-state index contributed by atoms with van der Waals surface area (Å²) in [6, 6.07) is 5.09. The van der Waals surface area contributed by atoms with E-state index in [1.54, 1.807) is 19.1 Å². The number of rotatable bonds is 7. The van der Waals surface area contributed by atoms with Gasteiger partial charge < -0.3 is 4.90 Å². The number of nitrogens with zero attached hydrogens (tertiary/aromatic N) is 1. The number of hydrogen-bond donors (Lipinski definition) is 0. The van der Waals surface area contributed by atoms with Gasteiger partial charge in [-0.3, -0.25) is 4.79 Å². The van der Waals surface area contributed by atoms with Crippen LogP contribution in [0.1, 0.15) is 72.8 Å². The Hall–Kier alpha value is -1.38. The van der Waals surface area contributed by atoms with E-state index in [9.17, 15) is 9.18 Å². The molecule has 0 heterocycles. The Morgan fingerprint density at radius 1 is 1.21 bits per heavy atom. The minimum atomic E-state index is -0.228. The molecule has 0 spiro atoms. The molecule has 0 aromatic heterocycles. The molecule has 0 radical (unpaired) electrons. The Balaban J connectivity index is 3.15. The summed E-state index contributed by atoms with van der Waals surface area (Å²) in [6.07, 6.45) is 4.40. The van der Waals surface area contributed by atoms with Crippen molar-refractivity contribution in [2.24, 2.45) is 11.3 Å². The number of benzene rings is 1. The van der Waals surface area contributed by atoms with Crippen molar-refractivity contribution in [2.75, 3.05) is 4.90 Å². The van der Waals surface area contributed by atoms with E-state index in [2.05, 4.69) is 34.6 Å². The molecule has 24 heavy (non-hydrogen) atoms. The molecule has 136 valence electrons. The van der Waals surface area contributed by atoms with Gasteiger partial charge in [-0.05, 0) is 49.4 Å². The third-order valence-corrected chi connectivity index (χ3v) is 4.99. The Kier molecular flexibility index (Phi) is 7.44. The number of carbonyl (C=O) groups excluding carboxylic acids is 1. The van der Waals surface area contributed by atoms with Gasteiger partial charge in [-0.2, -0.15) is 0 Å². The van der Waals surface area contributed by atoms with E-state index in [-0.39, 0.29) is 29.1 Å². The second kappa shape index (κ2) is 8.64. The predicted molar refractivity (Wildman–Crippen MR) is 101 cm³/mol. The monoisotopic (exact) mass is 335 g/mol. The lowest BCUT2D eigenvalue weighted by atomic mass is 9.81. The lowest BCUT2D eigenvalue weighted by Gasteiger charge is -2.36. The zero-order valence-electron chi connectivity index (χ0n) is 16.4. The molecule has 2 nitrogen and oxygen atoms in total. The molecule has 0 aliphatic rings. The van der Waals surface area contributed by atoms with Crippen LogP contribution in [0.5, 0.6) is 0 Å². The van der Waals surface area contributed by atoms with E-state index in [1.165, 1.54) is 12.5 Å². The molecular formula is C21H34FNO. The van der Waals surface area contributed by atoms with Crippen LogP contribution in [0.3, 0.4) is 0 Å². The van der Waals surface area contributed by atoms with Crippen molar-refractivity contribution in [2.45, 2.75) is 80.2 Å². The highest BCUT2D eigenvalue weighted by molar-refractivity contribution is 5.95. The summed E-state index contributed by atoms with van der Waals surface area (Å²) in [6.45, 7) is 14.3. The molecule has 1 rings (SSSR count). The topological polar surface area (TPSA) is 20.3 Å². The van der Waals surface area contributed by atoms with E-state index in [0.717, 1.165) is 24.9 Å². The second-order valence-corrected chi connectivity index (χ2v) is 8.07. The van der Waals surface area contributed by atoms with Crippen molar-refractivity contribution >= 4 is 11.6 Å². The van der Waals surface area contributed by atoms with E-state index >= 15 is 0 Å². The van der Waals surface area contributed by atoms with Gasteiger partial charge in [0.05, 0.1) is 0 Å². The first-order chi connectivity index (χ1) is 11.1. The van der Waals surface area contributed by atoms with Crippen molar-refractivity contribution in [3.05, 3.63) is 29.6 Å². The number of anilines is 1. The van der Waals surface area contributed by atoms with Crippen molar-refractivity contribution in [3.63, 3.8) is 0 Å². The van der Waals surface area contributed by atoms with E-state index in [1.807, 2.05) is 11.8 Å². The largest absolute Gasteiger partial charge is 0.309 e. The van der Waals surface area contributed by atoms with Crippen LogP contribution in [0.15, 0.2) is 18.2 Å². The first-order valence-corrected chi connectivity index (χ1v) is 9.18. The Morgan fingerprint density at radius 2 is 1.83 bits per heavy atom. The number of unbranched alkanes of at least 4 members (excludes halogenated alkanes) is 2. The molecule has 0 aliphatic carbocycles. The SMILES string of the molecule is CCCCCC(C)N(C(=O)C(C)C(C)(C)C)c1ccc(F)c(C)c1. The number of hydrogen-bond acceptors (Lipinski definition) is 1. The summed E-state index contributed by atoms with van der Waals surface area (Å²) in [4.78, 5) is 15.1. The standard InChI is InChI=1S/C21H34FNO/c1-8-9-10-11-16(3)23(20(24)17(4)21(5,6)7)18-12-13-19(22)15(2)14-18/h12-14,16-17H,8-11H2,1-7H3. The summed E-state index contributed by atoms with van der Waals surface area (Å²) in [5.41, 5.74) is 1.28. The summed E-state index contributed by atoms with van der Waals surface area (Å²) < 4.78 is 13.7. The molecule has 1 aromatic rings. The average Bonchev–Trinajstić information content (AvgIpc) is 2.49. The molecule has 2 unspecified atom stereocenters. The lowest BCUT2D eigenvalue weighted by Crippen LogP contribution is -2.45. The molecule has 1 amide bonds. The van der Waals surface area contributed by atoms with E-state index in [0.29, 0.717) is 5.56 Å². The van der Waals surface area contributed by atoms with Gasteiger partial charge in [-0.1, -0.05) is 53.9 Å². The van der Waals surface area contributed by atoms with Crippen LogP contribution in [-0.2, 0) is 4.79 Å². The molecule has 0 saturated carbocycles. The van der Waals surface area contributed by atoms with Crippen molar-refractivity contribution in [1.29, 1.82) is 0 Å². The fraction of sp³-hybridized carbons (Fsp3) is 0.667. The zero-order chi connectivity index (χ0) is 18.5. The van der Waals surface area contributed by atoms with E-state index in [4.69, 9.17) is 0 Å². The van der Waals surface area contributed by atoms with Crippen LogP contribution in [0.2, 0.25) is 0 Å². The number of aryl methyl sites for hydroxylation is 1. The summed E-state index contributed by atoms with van der Waals surface area (Å²) in [5.74, 6) is -0.206. The molecule has 0 aliphatic heterocycles. The van der Waals surface area contributed by atoms with Crippen LogP contribution in [-0.4, -0.2) is 11.9 Å². The Morgan fingerprint density at radius 3 is 2.33 bits per heavy atom. The van der Waals surface area contributed by atoms with E-state index < -0.39 is 0 Å². The molecule has 0 N–H and O–H groups in total. The first kappa shape index (κ1) is 20.7. The molecule has 0 saturated heterocycles. The normalized spacial score (nSPS) is 14.3. The molecule has 2 atom stereocenters.